The Labute approximate surface area is 163 Å². The van der Waals surface area contributed by atoms with Crippen LogP contribution in [0.4, 0.5) is 0 Å². The maximum absolute atomic E-state index is 13.2. The highest BCUT2D eigenvalue weighted by atomic mass is 16.2. The van der Waals surface area contributed by atoms with Crippen LogP contribution >= 0.6 is 0 Å². The van der Waals surface area contributed by atoms with Crippen molar-refractivity contribution in [1.29, 1.82) is 0 Å². The van der Waals surface area contributed by atoms with Gasteiger partial charge in [-0.15, -0.1) is 0 Å². The number of ketones is 1. The predicted molar refractivity (Wildman–Crippen MR) is 109 cm³/mol. The number of Topliss-reactive ketones (excluding diaryl/α,β-unsaturated/α-hetero) is 1. The second-order valence-electron chi connectivity index (χ2n) is 7.45. The second-order valence-corrected chi connectivity index (χ2v) is 7.45. The summed E-state index contributed by atoms with van der Waals surface area (Å²) < 4.78 is 0. The van der Waals surface area contributed by atoms with Crippen LogP contribution in [0.1, 0.15) is 44.7 Å². The molecule has 1 unspecified atom stereocenters. The summed E-state index contributed by atoms with van der Waals surface area (Å²) in [5, 5.41) is 0.825. The number of benzene rings is 2. The number of likely N-dealkylation sites (tertiary alicyclic amines) is 1. The van der Waals surface area contributed by atoms with E-state index in [1.54, 1.807) is 23.1 Å². The first-order chi connectivity index (χ1) is 13.5. The molecule has 1 N–H and O–H groups in total. The molecule has 142 valence electrons. The minimum Gasteiger partial charge on any atom is -0.328 e. The van der Waals surface area contributed by atoms with Crippen LogP contribution in [0.2, 0.25) is 0 Å². The van der Waals surface area contributed by atoms with E-state index in [4.69, 9.17) is 0 Å². The molecule has 3 aromatic rings. The molecule has 2 aromatic carbocycles. The summed E-state index contributed by atoms with van der Waals surface area (Å²) in [6, 6.07) is 14.1. The van der Waals surface area contributed by atoms with Crippen LogP contribution < -0.4 is 5.56 Å². The van der Waals surface area contributed by atoms with Gasteiger partial charge in [0.05, 0.1) is 11.6 Å². The molecular weight excluding hydrogens is 352 g/mol. The highest BCUT2D eigenvalue weighted by Gasteiger charge is 2.35. The van der Waals surface area contributed by atoms with E-state index in [-0.39, 0.29) is 17.3 Å². The van der Waals surface area contributed by atoms with Gasteiger partial charge in [-0.1, -0.05) is 42.0 Å². The van der Waals surface area contributed by atoms with Crippen LogP contribution in [-0.4, -0.2) is 34.2 Å². The number of amides is 1. The molecule has 4 rings (SSSR count). The van der Waals surface area contributed by atoms with Crippen LogP contribution in [0.5, 0.6) is 0 Å². The highest BCUT2D eigenvalue weighted by Crippen LogP contribution is 2.24. The lowest BCUT2D eigenvalue weighted by Crippen LogP contribution is -2.42. The van der Waals surface area contributed by atoms with Gasteiger partial charge >= 0.3 is 0 Å². The Morgan fingerprint density at radius 2 is 1.82 bits per heavy atom. The fourth-order valence-corrected chi connectivity index (χ4v) is 4.08. The molecule has 1 atom stereocenters. The number of aromatic amines is 1. The number of carbonyl (C=O) groups is 2. The van der Waals surface area contributed by atoms with Crippen molar-refractivity contribution in [1.82, 2.24) is 9.88 Å². The smallest absolute Gasteiger partial charge is 0.261 e. The Morgan fingerprint density at radius 3 is 2.57 bits per heavy atom. The number of carbonyl (C=O) groups excluding carboxylic acids is 2. The maximum Gasteiger partial charge on any atom is 0.261 e. The average Bonchev–Trinajstić information content (AvgIpc) is 3.17. The van der Waals surface area contributed by atoms with Gasteiger partial charge in [0.1, 0.15) is 5.56 Å². The van der Waals surface area contributed by atoms with Crippen molar-refractivity contribution in [3.05, 3.63) is 81.1 Å². The van der Waals surface area contributed by atoms with E-state index in [0.717, 1.165) is 28.5 Å². The monoisotopic (exact) mass is 374 g/mol. The number of rotatable bonds is 3. The van der Waals surface area contributed by atoms with Crippen molar-refractivity contribution in [2.75, 3.05) is 6.54 Å². The number of fused-ring (bicyclic) bond motifs is 1. The van der Waals surface area contributed by atoms with Crippen LogP contribution in [0.15, 0.2) is 53.3 Å². The quantitative estimate of drug-likeness (QED) is 0.712. The van der Waals surface area contributed by atoms with Gasteiger partial charge in [-0.3, -0.25) is 14.4 Å². The van der Waals surface area contributed by atoms with Crippen molar-refractivity contribution in [3.8, 4) is 0 Å². The summed E-state index contributed by atoms with van der Waals surface area (Å²) in [5.74, 6) is -0.454. The molecule has 5 heteroatoms. The number of aryl methyl sites for hydroxylation is 2. The minimum atomic E-state index is -0.524. The number of hydrogen-bond donors (Lipinski definition) is 1. The van der Waals surface area contributed by atoms with Crippen molar-refractivity contribution < 1.29 is 9.59 Å². The molecule has 0 saturated carbocycles. The van der Waals surface area contributed by atoms with Crippen LogP contribution in [0, 0.1) is 13.8 Å². The van der Waals surface area contributed by atoms with Gasteiger partial charge in [0.25, 0.3) is 11.5 Å². The lowest BCUT2D eigenvalue weighted by molar-refractivity contribution is 0.0670. The molecule has 0 spiro atoms. The van der Waals surface area contributed by atoms with Crippen LogP contribution in [-0.2, 0) is 0 Å². The van der Waals surface area contributed by atoms with Crippen LogP contribution in [0.3, 0.4) is 0 Å². The second kappa shape index (κ2) is 7.08. The molecule has 1 aromatic heterocycles. The minimum absolute atomic E-state index is 0.0737. The fourth-order valence-electron chi connectivity index (χ4n) is 4.08. The molecule has 1 fully saturated rings. The molecule has 0 radical (unpaired) electrons. The lowest BCUT2D eigenvalue weighted by atomic mass is 10.0. The predicted octanol–water partition coefficient (Wildman–Crippen LogP) is 3.63. The van der Waals surface area contributed by atoms with E-state index < -0.39 is 11.6 Å². The molecule has 0 bridgehead atoms. The number of aromatic nitrogens is 1. The van der Waals surface area contributed by atoms with Gasteiger partial charge in [-0.05, 0) is 49.8 Å². The van der Waals surface area contributed by atoms with Gasteiger partial charge in [0, 0.05) is 12.1 Å². The van der Waals surface area contributed by atoms with E-state index >= 15 is 0 Å². The van der Waals surface area contributed by atoms with Gasteiger partial charge in [0.15, 0.2) is 5.78 Å². The van der Waals surface area contributed by atoms with E-state index in [0.29, 0.717) is 18.5 Å². The lowest BCUT2D eigenvalue weighted by Gasteiger charge is -2.23. The van der Waals surface area contributed by atoms with Crippen molar-refractivity contribution in [2.45, 2.75) is 32.7 Å². The summed E-state index contributed by atoms with van der Waals surface area (Å²) >= 11 is 0. The molecule has 1 saturated heterocycles. The molecule has 1 aliphatic rings. The zero-order valence-electron chi connectivity index (χ0n) is 16.0. The van der Waals surface area contributed by atoms with Gasteiger partial charge in [-0.25, -0.2) is 0 Å². The number of pyridine rings is 1. The molecule has 5 nitrogen and oxygen atoms in total. The number of nitrogens with one attached hydrogen (secondary N) is 1. The highest BCUT2D eigenvalue weighted by molar-refractivity contribution is 6.05. The molecule has 1 aliphatic heterocycles. The SMILES string of the molecule is Cc1cc(C)c2[nH]c(=O)c(C(=O)N3CCCC3C(=O)c3ccccc3)cc2c1. The van der Waals surface area contributed by atoms with Crippen molar-refractivity contribution in [3.63, 3.8) is 0 Å². The number of H-pyrrole nitrogens is 1. The third kappa shape index (κ3) is 3.13. The molecule has 28 heavy (non-hydrogen) atoms. The Hall–Kier alpha value is -3.21. The summed E-state index contributed by atoms with van der Waals surface area (Å²) in [5.41, 5.74) is 3.03. The van der Waals surface area contributed by atoms with E-state index in [2.05, 4.69) is 4.98 Å². The summed E-state index contributed by atoms with van der Waals surface area (Å²) in [6.07, 6.45) is 1.36. The molecule has 0 aliphatic carbocycles. The van der Waals surface area contributed by atoms with Crippen molar-refractivity contribution in [2.24, 2.45) is 0 Å². The standard InChI is InChI=1S/C23H22N2O3/c1-14-11-15(2)20-17(12-14)13-18(22(27)24-20)23(28)25-10-6-9-19(25)21(26)16-7-4-3-5-8-16/h3-5,7-8,11-13,19H,6,9-10H2,1-2H3,(H,24,27). The zero-order valence-corrected chi connectivity index (χ0v) is 16.0. The third-order valence-corrected chi connectivity index (χ3v) is 5.40. The molecular formula is C23H22N2O3. The topological polar surface area (TPSA) is 70.2 Å². The average molecular weight is 374 g/mol. The summed E-state index contributed by atoms with van der Waals surface area (Å²) in [4.78, 5) is 43.1. The summed E-state index contributed by atoms with van der Waals surface area (Å²) in [6.45, 7) is 4.39. The van der Waals surface area contributed by atoms with E-state index in [9.17, 15) is 14.4 Å². The first-order valence-corrected chi connectivity index (χ1v) is 9.50. The van der Waals surface area contributed by atoms with Gasteiger partial charge in [0.2, 0.25) is 0 Å². The first kappa shape index (κ1) is 18.2. The van der Waals surface area contributed by atoms with Crippen LogP contribution in [0.25, 0.3) is 10.9 Å². The Balaban J connectivity index is 1.71. The normalized spacial score (nSPS) is 16.5. The largest absolute Gasteiger partial charge is 0.328 e. The Morgan fingerprint density at radius 1 is 1.07 bits per heavy atom. The zero-order chi connectivity index (χ0) is 19.8. The fraction of sp³-hybridized carbons (Fsp3) is 0.261. The van der Waals surface area contributed by atoms with E-state index in [1.165, 1.54) is 0 Å². The van der Waals surface area contributed by atoms with Crippen molar-refractivity contribution >= 4 is 22.6 Å². The third-order valence-electron chi connectivity index (χ3n) is 5.40. The summed E-state index contributed by atoms with van der Waals surface area (Å²) in [7, 11) is 0. The number of nitrogens with zero attached hydrogens (tertiary/aromatic N) is 1. The molecule has 1 amide bonds. The first-order valence-electron chi connectivity index (χ1n) is 9.50. The maximum atomic E-state index is 13.2. The Bertz CT molecular complexity index is 1130. The van der Waals surface area contributed by atoms with Gasteiger partial charge < -0.3 is 9.88 Å². The molecule has 2 heterocycles. The van der Waals surface area contributed by atoms with Gasteiger partial charge in [-0.2, -0.15) is 0 Å². The van der Waals surface area contributed by atoms with E-state index in [1.807, 2.05) is 44.2 Å². The number of hydrogen-bond acceptors (Lipinski definition) is 3. The Kier molecular flexibility index (Phi) is 4.59.